The van der Waals surface area contributed by atoms with Crippen LogP contribution in [0.1, 0.15) is 38.8 Å². The molecule has 0 spiro atoms. The molecule has 2 N–H and O–H groups in total. The Morgan fingerprint density at radius 2 is 1.69 bits per heavy atom. The first kappa shape index (κ1) is 23.5. The van der Waals surface area contributed by atoms with Gasteiger partial charge in [-0.15, -0.1) is 10.2 Å². The Bertz CT molecular complexity index is 1070. The van der Waals surface area contributed by atoms with Crippen molar-refractivity contribution in [1.82, 2.24) is 25.4 Å². The highest BCUT2D eigenvalue weighted by atomic mass is 32.2. The van der Waals surface area contributed by atoms with Crippen molar-refractivity contribution < 1.29 is 9.59 Å². The fourth-order valence-corrected chi connectivity index (χ4v) is 3.95. The lowest BCUT2D eigenvalue weighted by Gasteiger charge is -2.19. The molecule has 168 valence electrons. The van der Waals surface area contributed by atoms with Gasteiger partial charge < -0.3 is 5.32 Å². The number of hydrogen-bond donors (Lipinski definition) is 2. The van der Waals surface area contributed by atoms with Gasteiger partial charge in [-0.3, -0.25) is 14.7 Å². The number of nitrogens with zero attached hydrogens (tertiary/aromatic N) is 3. The third kappa shape index (κ3) is 5.76. The van der Waals surface area contributed by atoms with Crippen molar-refractivity contribution in [2.45, 2.75) is 50.1 Å². The van der Waals surface area contributed by atoms with E-state index < -0.39 is 11.3 Å². The Balaban J connectivity index is 1.93. The minimum atomic E-state index is -0.534. The van der Waals surface area contributed by atoms with E-state index in [0.717, 1.165) is 17.0 Å². The number of urea groups is 1. The van der Waals surface area contributed by atoms with Gasteiger partial charge in [0, 0.05) is 12.6 Å². The highest BCUT2D eigenvalue weighted by Crippen LogP contribution is 2.30. The van der Waals surface area contributed by atoms with Crippen LogP contribution >= 0.6 is 11.8 Å². The van der Waals surface area contributed by atoms with Gasteiger partial charge in [0.15, 0.2) is 11.0 Å². The summed E-state index contributed by atoms with van der Waals surface area (Å²) in [5, 5.41) is 13.6. The van der Waals surface area contributed by atoms with Crippen LogP contribution < -0.4 is 10.6 Å². The molecule has 7 nitrogen and oxygen atoms in total. The lowest BCUT2D eigenvalue weighted by molar-refractivity contribution is -0.119. The van der Waals surface area contributed by atoms with Crippen LogP contribution in [0.25, 0.3) is 11.4 Å². The molecule has 0 aliphatic carbocycles. The highest BCUT2D eigenvalue weighted by Gasteiger charge is 2.22. The average molecular weight is 452 g/mol. The molecule has 0 radical (unpaired) electrons. The summed E-state index contributed by atoms with van der Waals surface area (Å²) in [6.07, 6.45) is 0. The van der Waals surface area contributed by atoms with Gasteiger partial charge in [-0.1, -0.05) is 87.1 Å². The van der Waals surface area contributed by atoms with Gasteiger partial charge in [0.25, 0.3) is 0 Å². The first-order valence-corrected chi connectivity index (χ1v) is 11.3. The van der Waals surface area contributed by atoms with Crippen molar-refractivity contribution in [1.29, 1.82) is 0 Å². The van der Waals surface area contributed by atoms with Crippen LogP contribution in [-0.4, -0.2) is 39.0 Å². The number of hydrogen-bond acceptors (Lipinski definition) is 5. The molecule has 1 heterocycles. The van der Waals surface area contributed by atoms with Crippen LogP contribution in [0.5, 0.6) is 0 Å². The van der Waals surface area contributed by atoms with Crippen molar-refractivity contribution in [2.24, 2.45) is 0 Å². The number of nitrogens with one attached hydrogen (secondary N) is 2. The Hall–Kier alpha value is -3.13. The number of aromatic nitrogens is 3. The maximum absolute atomic E-state index is 12.3. The predicted octanol–water partition coefficient (Wildman–Crippen LogP) is 4.23. The van der Waals surface area contributed by atoms with Crippen LogP contribution in [0, 0.1) is 0 Å². The number of benzene rings is 2. The van der Waals surface area contributed by atoms with Gasteiger partial charge >= 0.3 is 6.03 Å². The second kappa shape index (κ2) is 9.99. The molecule has 0 saturated carbocycles. The normalized spacial score (nSPS) is 12.3. The lowest BCUT2D eigenvalue weighted by Crippen LogP contribution is -2.41. The second-order valence-electron chi connectivity index (χ2n) is 8.53. The molecule has 0 aliphatic heterocycles. The summed E-state index contributed by atoms with van der Waals surface area (Å²) in [7, 11) is 1.47. The molecular weight excluding hydrogens is 422 g/mol. The molecule has 8 heteroatoms. The molecule has 3 amide bonds. The zero-order chi connectivity index (χ0) is 23.3. The summed E-state index contributed by atoms with van der Waals surface area (Å²) in [4.78, 5) is 23.8. The zero-order valence-electron chi connectivity index (χ0n) is 19.0. The molecule has 1 atom stereocenters. The summed E-state index contributed by atoms with van der Waals surface area (Å²) in [5.41, 5.74) is 3.36. The summed E-state index contributed by atoms with van der Waals surface area (Å²) >= 11 is 1.27. The molecule has 3 aromatic rings. The smallest absolute Gasteiger partial charge is 0.321 e. The number of amides is 3. The number of carbonyl (C=O) groups is 2. The summed E-state index contributed by atoms with van der Waals surface area (Å²) in [6, 6.07) is 17.9. The predicted molar refractivity (Wildman–Crippen MR) is 128 cm³/mol. The fraction of sp³-hybridized carbons (Fsp3) is 0.333. The highest BCUT2D eigenvalue weighted by molar-refractivity contribution is 8.00. The van der Waals surface area contributed by atoms with Crippen molar-refractivity contribution in [3.63, 3.8) is 0 Å². The minimum absolute atomic E-state index is 0.0603. The number of rotatable bonds is 6. The van der Waals surface area contributed by atoms with E-state index in [1.807, 2.05) is 34.9 Å². The van der Waals surface area contributed by atoms with E-state index in [-0.39, 0.29) is 11.3 Å². The van der Waals surface area contributed by atoms with Crippen molar-refractivity contribution in [3.8, 4) is 11.4 Å². The first-order chi connectivity index (χ1) is 15.2. The van der Waals surface area contributed by atoms with Crippen LogP contribution in [0.15, 0.2) is 59.8 Å². The fourth-order valence-electron chi connectivity index (χ4n) is 3.10. The van der Waals surface area contributed by atoms with Crippen LogP contribution in [0.3, 0.4) is 0 Å². The van der Waals surface area contributed by atoms with Crippen molar-refractivity contribution >= 4 is 23.7 Å². The molecule has 0 aliphatic rings. The van der Waals surface area contributed by atoms with E-state index in [1.54, 1.807) is 6.92 Å². The van der Waals surface area contributed by atoms with E-state index in [1.165, 1.54) is 24.4 Å². The standard InChI is InChI=1S/C24H29N5O2S/c1-16(21(30)26-22(31)25-5)32-23-28-27-20(29(23)15-17-9-7-6-8-10-17)18-11-13-19(14-12-18)24(2,3)4/h6-14,16H,15H2,1-5H3,(H2,25,26,30,31). The Morgan fingerprint density at radius 3 is 2.28 bits per heavy atom. The van der Waals surface area contributed by atoms with Gasteiger partial charge in [-0.25, -0.2) is 4.79 Å². The number of imide groups is 1. The maximum Gasteiger partial charge on any atom is 0.321 e. The second-order valence-corrected chi connectivity index (χ2v) is 9.84. The van der Waals surface area contributed by atoms with Crippen molar-refractivity contribution in [2.75, 3.05) is 7.05 Å². The third-order valence-electron chi connectivity index (χ3n) is 5.02. The van der Waals surface area contributed by atoms with E-state index in [2.05, 4.69) is 65.9 Å². The van der Waals surface area contributed by atoms with E-state index in [0.29, 0.717) is 11.7 Å². The summed E-state index contributed by atoms with van der Waals surface area (Å²) in [5.74, 6) is 0.343. The Labute approximate surface area is 193 Å². The topological polar surface area (TPSA) is 88.9 Å². The molecule has 0 fully saturated rings. The monoisotopic (exact) mass is 451 g/mol. The van der Waals surface area contributed by atoms with E-state index >= 15 is 0 Å². The van der Waals surface area contributed by atoms with E-state index in [9.17, 15) is 9.59 Å². The molecule has 32 heavy (non-hydrogen) atoms. The molecule has 1 unspecified atom stereocenters. The van der Waals surface area contributed by atoms with Gasteiger partial charge in [-0.2, -0.15) is 0 Å². The molecule has 0 saturated heterocycles. The van der Waals surface area contributed by atoms with Crippen LogP contribution in [0.4, 0.5) is 4.79 Å². The number of thioether (sulfide) groups is 1. The number of carbonyl (C=O) groups excluding carboxylic acids is 2. The Kier molecular flexibility index (Phi) is 7.35. The van der Waals surface area contributed by atoms with Crippen LogP contribution in [0.2, 0.25) is 0 Å². The average Bonchev–Trinajstić information content (AvgIpc) is 3.15. The molecule has 1 aromatic heterocycles. The molecule has 0 bridgehead atoms. The first-order valence-electron chi connectivity index (χ1n) is 10.5. The van der Waals surface area contributed by atoms with Gasteiger partial charge in [0.1, 0.15) is 0 Å². The van der Waals surface area contributed by atoms with E-state index in [4.69, 9.17) is 0 Å². The SMILES string of the molecule is CNC(=O)NC(=O)C(C)Sc1nnc(-c2ccc(C(C)(C)C)cc2)n1Cc1ccccc1. The molecular formula is C24H29N5O2S. The molecule has 2 aromatic carbocycles. The third-order valence-corrected chi connectivity index (χ3v) is 6.11. The van der Waals surface area contributed by atoms with Gasteiger partial charge in [0.2, 0.25) is 5.91 Å². The summed E-state index contributed by atoms with van der Waals surface area (Å²) in [6.45, 7) is 8.85. The lowest BCUT2D eigenvalue weighted by atomic mass is 9.87. The van der Waals surface area contributed by atoms with Crippen molar-refractivity contribution in [3.05, 3.63) is 65.7 Å². The van der Waals surface area contributed by atoms with Crippen LogP contribution in [-0.2, 0) is 16.8 Å². The minimum Gasteiger partial charge on any atom is -0.341 e. The zero-order valence-corrected chi connectivity index (χ0v) is 19.9. The Morgan fingerprint density at radius 1 is 1.03 bits per heavy atom. The quantitative estimate of drug-likeness (QED) is 0.548. The summed E-state index contributed by atoms with van der Waals surface area (Å²) < 4.78 is 2.01. The van der Waals surface area contributed by atoms with Gasteiger partial charge in [0.05, 0.1) is 11.8 Å². The van der Waals surface area contributed by atoms with Gasteiger partial charge in [-0.05, 0) is 23.5 Å². The largest absolute Gasteiger partial charge is 0.341 e. The maximum atomic E-state index is 12.3. The molecule has 3 rings (SSSR count).